The third-order valence-corrected chi connectivity index (χ3v) is 5.21. The van der Waals surface area contributed by atoms with Crippen LogP contribution >= 0.6 is 24.0 Å². The van der Waals surface area contributed by atoms with E-state index in [0.717, 1.165) is 43.4 Å². The Hall–Kier alpha value is -2.29. The van der Waals surface area contributed by atoms with Gasteiger partial charge in [-0.05, 0) is 55.7 Å². The van der Waals surface area contributed by atoms with Crippen LogP contribution in [-0.2, 0) is 13.1 Å². The van der Waals surface area contributed by atoms with Crippen LogP contribution in [0.2, 0.25) is 0 Å². The Bertz CT molecular complexity index is 993. The summed E-state index contributed by atoms with van der Waals surface area (Å²) in [5, 5.41) is 6.83. The predicted octanol–water partition coefficient (Wildman–Crippen LogP) is 4.09. The number of aryl methyl sites for hydroxylation is 3. The highest BCUT2D eigenvalue weighted by atomic mass is 127. The van der Waals surface area contributed by atoms with Gasteiger partial charge in [0, 0.05) is 46.5 Å². The molecule has 0 aliphatic heterocycles. The van der Waals surface area contributed by atoms with Crippen LogP contribution in [0.3, 0.4) is 0 Å². The van der Waals surface area contributed by atoms with Crippen LogP contribution < -0.4 is 15.5 Å². The maximum atomic E-state index is 4.63. The second-order valence-electron chi connectivity index (χ2n) is 7.51. The fourth-order valence-electron chi connectivity index (χ4n) is 3.48. The Morgan fingerprint density at radius 2 is 1.87 bits per heavy atom. The molecule has 3 aromatic rings. The number of aliphatic imine (C=N–C) groups is 1. The molecule has 0 fully saturated rings. The van der Waals surface area contributed by atoms with Gasteiger partial charge in [-0.1, -0.05) is 18.2 Å². The zero-order chi connectivity index (χ0) is 20.8. The molecule has 0 saturated heterocycles. The minimum Gasteiger partial charge on any atom is -0.378 e. The van der Waals surface area contributed by atoms with Crippen LogP contribution in [0.1, 0.15) is 23.4 Å². The van der Waals surface area contributed by atoms with Crippen molar-refractivity contribution < 1.29 is 0 Å². The molecule has 3 rings (SSSR count). The maximum Gasteiger partial charge on any atom is 0.191 e. The van der Waals surface area contributed by atoms with E-state index in [4.69, 9.17) is 0 Å². The molecular weight excluding hydrogens is 487 g/mol. The van der Waals surface area contributed by atoms with Crippen molar-refractivity contribution in [3.63, 3.8) is 0 Å². The highest BCUT2D eigenvalue weighted by Crippen LogP contribution is 2.17. The van der Waals surface area contributed by atoms with Crippen molar-refractivity contribution in [2.45, 2.75) is 33.4 Å². The molecule has 162 valence electrons. The third-order valence-electron chi connectivity index (χ3n) is 5.21. The molecule has 0 bridgehead atoms. The van der Waals surface area contributed by atoms with Crippen LogP contribution in [0.25, 0.3) is 11.0 Å². The normalized spacial score (nSPS) is 11.3. The molecule has 2 aromatic carbocycles. The van der Waals surface area contributed by atoms with E-state index in [0.29, 0.717) is 0 Å². The van der Waals surface area contributed by atoms with Crippen molar-refractivity contribution in [3.8, 4) is 0 Å². The number of para-hydroxylation sites is 2. The topological polar surface area (TPSA) is 57.5 Å². The molecule has 0 saturated carbocycles. The van der Waals surface area contributed by atoms with Gasteiger partial charge in [0.15, 0.2) is 5.96 Å². The first-order chi connectivity index (χ1) is 14.0. The lowest BCUT2D eigenvalue weighted by molar-refractivity contribution is 0.624. The Kier molecular flexibility index (Phi) is 8.95. The molecule has 0 atom stereocenters. The van der Waals surface area contributed by atoms with Gasteiger partial charge in [-0.2, -0.15) is 0 Å². The number of nitrogens with one attached hydrogen (secondary N) is 2. The van der Waals surface area contributed by atoms with E-state index in [2.05, 4.69) is 94.4 Å². The summed E-state index contributed by atoms with van der Waals surface area (Å²) in [6, 6.07) is 14.8. The number of imidazole rings is 1. The summed E-state index contributed by atoms with van der Waals surface area (Å²) < 4.78 is 2.28. The first kappa shape index (κ1) is 24.0. The number of rotatable bonds is 7. The molecule has 0 spiro atoms. The average Bonchev–Trinajstić information content (AvgIpc) is 3.03. The molecule has 2 N–H and O–H groups in total. The summed E-state index contributed by atoms with van der Waals surface area (Å²) in [5.41, 5.74) is 6.03. The van der Waals surface area contributed by atoms with Gasteiger partial charge < -0.3 is 20.1 Å². The number of anilines is 1. The highest BCUT2D eigenvalue weighted by Gasteiger charge is 2.07. The number of benzene rings is 2. The molecule has 1 aromatic heterocycles. The summed E-state index contributed by atoms with van der Waals surface area (Å²) in [5.74, 6) is 1.89. The van der Waals surface area contributed by atoms with E-state index in [9.17, 15) is 0 Å². The molecule has 1 heterocycles. The van der Waals surface area contributed by atoms with Gasteiger partial charge in [-0.15, -0.1) is 24.0 Å². The standard InChI is InChI=1S/C23H32N6.HI/c1-17-15-20(28(4)5)12-11-19(17)16-26-23(24-3)25-13-8-14-29-18(2)27-21-9-6-7-10-22(21)29;/h6-7,9-12,15H,8,13-14,16H2,1-5H3,(H2,24,25,26);1H. The van der Waals surface area contributed by atoms with Crippen LogP contribution in [0, 0.1) is 13.8 Å². The Labute approximate surface area is 196 Å². The molecule has 0 aliphatic rings. The van der Waals surface area contributed by atoms with Crippen LogP contribution in [0.5, 0.6) is 0 Å². The molecule has 0 amide bonds. The first-order valence-electron chi connectivity index (χ1n) is 10.1. The Morgan fingerprint density at radius 3 is 2.57 bits per heavy atom. The lowest BCUT2D eigenvalue weighted by Crippen LogP contribution is -2.37. The number of hydrogen-bond donors (Lipinski definition) is 2. The largest absolute Gasteiger partial charge is 0.378 e. The van der Waals surface area contributed by atoms with Crippen molar-refractivity contribution in [2.24, 2.45) is 4.99 Å². The minimum atomic E-state index is 0. The molecule has 0 radical (unpaired) electrons. The van der Waals surface area contributed by atoms with Gasteiger partial charge in [0.05, 0.1) is 11.0 Å². The molecule has 6 nitrogen and oxygen atoms in total. The van der Waals surface area contributed by atoms with E-state index >= 15 is 0 Å². The fourth-order valence-corrected chi connectivity index (χ4v) is 3.48. The van der Waals surface area contributed by atoms with E-state index in [1.54, 1.807) is 0 Å². The van der Waals surface area contributed by atoms with Crippen molar-refractivity contribution in [1.82, 2.24) is 20.2 Å². The molecule has 7 heteroatoms. The van der Waals surface area contributed by atoms with Crippen LogP contribution in [-0.4, -0.2) is 43.2 Å². The van der Waals surface area contributed by atoms with Gasteiger partial charge in [-0.25, -0.2) is 4.98 Å². The van der Waals surface area contributed by atoms with E-state index in [1.807, 2.05) is 13.1 Å². The van der Waals surface area contributed by atoms with Gasteiger partial charge in [0.2, 0.25) is 0 Å². The Balaban J connectivity index is 0.00000320. The van der Waals surface area contributed by atoms with Gasteiger partial charge in [0.25, 0.3) is 0 Å². The predicted molar refractivity (Wildman–Crippen MR) is 138 cm³/mol. The summed E-state index contributed by atoms with van der Waals surface area (Å²) in [7, 11) is 5.93. The molecule has 0 unspecified atom stereocenters. The highest BCUT2D eigenvalue weighted by molar-refractivity contribution is 14.0. The van der Waals surface area contributed by atoms with Crippen molar-refractivity contribution >= 4 is 46.7 Å². The van der Waals surface area contributed by atoms with E-state index in [-0.39, 0.29) is 24.0 Å². The van der Waals surface area contributed by atoms with Crippen LogP contribution in [0.15, 0.2) is 47.5 Å². The number of halogens is 1. The minimum absolute atomic E-state index is 0. The number of hydrogen-bond acceptors (Lipinski definition) is 3. The average molecular weight is 520 g/mol. The maximum absolute atomic E-state index is 4.63. The van der Waals surface area contributed by atoms with Gasteiger partial charge in [0.1, 0.15) is 5.82 Å². The zero-order valence-corrected chi connectivity index (χ0v) is 20.9. The lowest BCUT2D eigenvalue weighted by atomic mass is 10.1. The third kappa shape index (κ3) is 5.87. The zero-order valence-electron chi connectivity index (χ0n) is 18.6. The monoisotopic (exact) mass is 520 g/mol. The van der Waals surface area contributed by atoms with Crippen molar-refractivity contribution in [3.05, 3.63) is 59.4 Å². The fraction of sp³-hybridized carbons (Fsp3) is 0.391. The second kappa shape index (κ2) is 11.2. The van der Waals surface area contributed by atoms with Gasteiger partial charge >= 0.3 is 0 Å². The number of nitrogens with zero attached hydrogens (tertiary/aromatic N) is 4. The first-order valence-corrected chi connectivity index (χ1v) is 10.1. The second-order valence-corrected chi connectivity index (χ2v) is 7.51. The quantitative estimate of drug-likeness (QED) is 0.213. The van der Waals surface area contributed by atoms with Gasteiger partial charge in [-0.3, -0.25) is 4.99 Å². The van der Waals surface area contributed by atoms with Crippen LogP contribution in [0.4, 0.5) is 5.69 Å². The Morgan fingerprint density at radius 1 is 1.10 bits per heavy atom. The number of fused-ring (bicyclic) bond motifs is 1. The smallest absolute Gasteiger partial charge is 0.191 e. The van der Waals surface area contributed by atoms with Crippen molar-refractivity contribution in [1.29, 1.82) is 0 Å². The van der Waals surface area contributed by atoms with E-state index in [1.165, 1.54) is 22.3 Å². The summed E-state index contributed by atoms with van der Waals surface area (Å²) >= 11 is 0. The lowest BCUT2D eigenvalue weighted by Gasteiger charge is -2.17. The molecule has 30 heavy (non-hydrogen) atoms. The summed E-state index contributed by atoms with van der Waals surface area (Å²) in [4.78, 5) is 11.1. The number of aromatic nitrogens is 2. The van der Waals surface area contributed by atoms with E-state index < -0.39 is 0 Å². The number of guanidine groups is 1. The summed E-state index contributed by atoms with van der Waals surface area (Å²) in [6.07, 6.45) is 0.998. The summed E-state index contributed by atoms with van der Waals surface area (Å²) in [6.45, 7) is 6.76. The van der Waals surface area contributed by atoms with Crippen molar-refractivity contribution in [2.75, 3.05) is 32.6 Å². The molecular formula is C23H33IN6. The SMILES string of the molecule is CN=C(NCCCn1c(C)nc2ccccc21)NCc1ccc(N(C)C)cc1C.I. The molecule has 0 aliphatic carbocycles.